The monoisotopic (exact) mass is 470 g/mol. The predicted molar refractivity (Wildman–Crippen MR) is 125 cm³/mol. The lowest BCUT2D eigenvalue weighted by Crippen LogP contribution is -2.65. The van der Waals surface area contributed by atoms with Crippen molar-refractivity contribution >= 4 is 28.8 Å². The molecule has 34 heavy (non-hydrogen) atoms. The van der Waals surface area contributed by atoms with Crippen molar-refractivity contribution in [2.24, 2.45) is 11.8 Å². The molecule has 0 spiro atoms. The first-order valence-electron chi connectivity index (χ1n) is 11.1. The van der Waals surface area contributed by atoms with E-state index in [1.165, 1.54) is 7.11 Å². The molecule has 182 valence electrons. The normalized spacial score (nSPS) is 28.5. The number of rotatable bonds is 4. The summed E-state index contributed by atoms with van der Waals surface area (Å²) in [7, 11) is 8.46. The van der Waals surface area contributed by atoms with Crippen LogP contribution in [0.4, 0.5) is 5.69 Å². The zero-order valence-corrected chi connectivity index (χ0v) is 20.2. The topological polar surface area (TPSA) is 128 Å². The molecule has 9 nitrogen and oxygen atoms in total. The maximum atomic E-state index is 13.9. The van der Waals surface area contributed by atoms with Crippen LogP contribution in [0.5, 0.6) is 5.75 Å². The number of carbonyl (C=O) groups is 3. The third-order valence-corrected chi connectivity index (χ3v) is 7.37. The molecule has 0 bridgehead atoms. The molecule has 3 aliphatic carbocycles. The molecule has 3 aliphatic rings. The van der Waals surface area contributed by atoms with Crippen molar-refractivity contribution in [2.45, 2.75) is 31.4 Å². The third kappa shape index (κ3) is 3.03. The Morgan fingerprint density at radius 3 is 2.32 bits per heavy atom. The number of Topliss-reactive ketones (excluding diaryl/α,β-unsaturated/α-hetero) is 3. The molecular formula is C25H30N2O7. The lowest BCUT2D eigenvalue weighted by Gasteiger charge is -2.50. The molecule has 4 rings (SSSR count). The Morgan fingerprint density at radius 2 is 1.79 bits per heavy atom. The van der Waals surface area contributed by atoms with Gasteiger partial charge in [0.1, 0.15) is 22.8 Å². The molecule has 9 heteroatoms. The van der Waals surface area contributed by atoms with Crippen molar-refractivity contribution < 1.29 is 34.4 Å². The molecular weight excluding hydrogens is 440 g/mol. The molecule has 4 atom stereocenters. The molecule has 0 saturated heterocycles. The van der Waals surface area contributed by atoms with Crippen LogP contribution in [-0.4, -0.2) is 84.5 Å². The van der Waals surface area contributed by atoms with E-state index in [0.717, 1.165) is 18.2 Å². The van der Waals surface area contributed by atoms with Gasteiger partial charge in [-0.15, -0.1) is 0 Å². The summed E-state index contributed by atoms with van der Waals surface area (Å²) in [5.41, 5.74) is -1.11. The first-order valence-corrected chi connectivity index (χ1v) is 11.1. The maximum absolute atomic E-state index is 13.9. The molecule has 0 heterocycles. The Balaban J connectivity index is 2.00. The van der Waals surface area contributed by atoms with Gasteiger partial charge in [-0.3, -0.25) is 19.3 Å². The van der Waals surface area contributed by atoms with Crippen LogP contribution >= 0.6 is 0 Å². The minimum Gasteiger partial charge on any atom is -0.508 e. The second-order valence-corrected chi connectivity index (χ2v) is 9.69. The first kappa shape index (κ1) is 24.0. The highest BCUT2D eigenvalue weighted by molar-refractivity contribution is 6.25. The first-order chi connectivity index (χ1) is 15.9. The Kier molecular flexibility index (Phi) is 5.61. The smallest absolute Gasteiger partial charge is 0.202 e. The largest absolute Gasteiger partial charge is 0.508 e. The van der Waals surface area contributed by atoms with Crippen LogP contribution in [0, 0.1) is 11.8 Å². The van der Waals surface area contributed by atoms with Crippen LogP contribution in [0.2, 0.25) is 0 Å². The van der Waals surface area contributed by atoms with E-state index in [4.69, 9.17) is 4.74 Å². The van der Waals surface area contributed by atoms with Crippen molar-refractivity contribution in [1.29, 1.82) is 0 Å². The van der Waals surface area contributed by atoms with Gasteiger partial charge in [0.2, 0.25) is 5.78 Å². The molecule has 0 aromatic heterocycles. The fraction of sp³-hybridized carbons (Fsp3) is 0.480. The van der Waals surface area contributed by atoms with Gasteiger partial charge >= 0.3 is 0 Å². The summed E-state index contributed by atoms with van der Waals surface area (Å²) in [4.78, 5) is 42.7. The van der Waals surface area contributed by atoms with Crippen LogP contribution in [0.1, 0.15) is 24.5 Å². The molecule has 3 N–H and O–H groups in total. The summed E-state index contributed by atoms with van der Waals surface area (Å²) in [5.74, 6) is -4.64. The van der Waals surface area contributed by atoms with Gasteiger partial charge in [0.15, 0.2) is 17.2 Å². The number of methoxy groups -OCH3 is 1. The van der Waals surface area contributed by atoms with Gasteiger partial charge in [-0.25, -0.2) is 0 Å². The van der Waals surface area contributed by atoms with Gasteiger partial charge in [0, 0.05) is 31.3 Å². The summed E-state index contributed by atoms with van der Waals surface area (Å²) in [5, 5.41) is 34.0. The third-order valence-electron chi connectivity index (χ3n) is 7.37. The summed E-state index contributed by atoms with van der Waals surface area (Å²) in [6.45, 7) is 1.11. The van der Waals surface area contributed by atoms with Gasteiger partial charge in [-0.1, -0.05) is 0 Å². The van der Waals surface area contributed by atoms with Crippen molar-refractivity contribution in [3.8, 4) is 5.75 Å². The number of aliphatic hydroxyl groups is 3. The zero-order chi connectivity index (χ0) is 25.3. The number of ketones is 3. The minimum absolute atomic E-state index is 0.0261. The molecule has 0 radical (unpaired) electrons. The lowest BCUT2D eigenvalue weighted by molar-refractivity contribution is -0.153. The van der Waals surface area contributed by atoms with Gasteiger partial charge in [-0.2, -0.15) is 0 Å². The Hall–Kier alpha value is -3.17. The molecule has 1 saturated carbocycles. The number of hydrogen-bond acceptors (Lipinski definition) is 9. The van der Waals surface area contributed by atoms with Crippen LogP contribution in [0.15, 0.2) is 29.0 Å². The number of benzene rings is 1. The van der Waals surface area contributed by atoms with Gasteiger partial charge in [0.05, 0.1) is 18.7 Å². The van der Waals surface area contributed by atoms with E-state index >= 15 is 0 Å². The van der Waals surface area contributed by atoms with Gasteiger partial charge in [0.25, 0.3) is 0 Å². The van der Waals surface area contributed by atoms with Crippen LogP contribution in [0.3, 0.4) is 0 Å². The fourth-order valence-electron chi connectivity index (χ4n) is 5.91. The number of fused-ring (bicyclic) bond motifs is 3. The molecule has 1 aromatic carbocycles. The van der Waals surface area contributed by atoms with Crippen LogP contribution in [-0.2, 0) is 20.8 Å². The van der Waals surface area contributed by atoms with E-state index in [-0.39, 0.29) is 17.8 Å². The van der Waals surface area contributed by atoms with Crippen LogP contribution < -0.4 is 9.64 Å². The number of carbonyl (C=O) groups excluding carboxylic acids is 3. The van der Waals surface area contributed by atoms with Crippen molar-refractivity contribution in [2.75, 3.05) is 40.2 Å². The quantitative estimate of drug-likeness (QED) is 0.560. The SMILES string of the molecule is COc1ccc(N(C)C)c2c1C(O)=C1C(=O)[C@]3(O)C(O)=C(C(C)=O)C(=O)C(N(C)C)[C@@H]3C[C@@H]1C2. The van der Waals surface area contributed by atoms with Crippen LogP contribution in [0.25, 0.3) is 5.76 Å². The fourth-order valence-corrected chi connectivity index (χ4v) is 5.91. The predicted octanol–water partition coefficient (Wildman–Crippen LogP) is 1.44. The van der Waals surface area contributed by atoms with E-state index < -0.39 is 52.2 Å². The highest BCUT2D eigenvalue weighted by Crippen LogP contribution is 2.53. The van der Waals surface area contributed by atoms with E-state index in [9.17, 15) is 29.7 Å². The maximum Gasteiger partial charge on any atom is 0.202 e. The molecule has 1 fully saturated rings. The number of hydrogen-bond donors (Lipinski definition) is 3. The Labute approximate surface area is 197 Å². The summed E-state index contributed by atoms with van der Waals surface area (Å²) in [6, 6.07) is 2.58. The minimum atomic E-state index is -2.51. The second-order valence-electron chi connectivity index (χ2n) is 9.69. The summed E-state index contributed by atoms with van der Waals surface area (Å²) < 4.78 is 5.46. The summed E-state index contributed by atoms with van der Waals surface area (Å²) in [6.07, 6.45) is 0.519. The molecule has 0 amide bonds. The second kappa shape index (κ2) is 7.95. The lowest BCUT2D eigenvalue weighted by atomic mass is 9.57. The standard InChI is InChI=1S/C25H30N2O7/c1-11(28)17-22(30)20(27(4)5)14-10-12-9-13-15(26(2)3)7-8-16(34-6)19(13)21(29)18(12)24(32)25(14,33)23(17)31/h7-8,12,14,20,29,31,33H,9-10H2,1-6H3/t12-,14-,20?,25+/m0/s1. The van der Waals surface area contributed by atoms with Crippen molar-refractivity contribution in [3.05, 3.63) is 40.2 Å². The Morgan fingerprint density at radius 1 is 1.15 bits per heavy atom. The van der Waals surface area contributed by atoms with E-state index in [1.54, 1.807) is 25.1 Å². The van der Waals surface area contributed by atoms with Gasteiger partial charge < -0.3 is 25.0 Å². The van der Waals surface area contributed by atoms with Gasteiger partial charge in [-0.05, 0) is 57.5 Å². The van der Waals surface area contributed by atoms with E-state index in [0.29, 0.717) is 17.7 Å². The van der Waals surface area contributed by atoms with E-state index in [1.807, 2.05) is 25.1 Å². The highest BCUT2D eigenvalue weighted by atomic mass is 16.5. The highest BCUT2D eigenvalue weighted by Gasteiger charge is 2.64. The number of ether oxygens (including phenoxy) is 1. The molecule has 0 aliphatic heterocycles. The molecule has 1 aromatic rings. The van der Waals surface area contributed by atoms with Crippen molar-refractivity contribution in [1.82, 2.24) is 4.90 Å². The number of likely N-dealkylation sites (N-methyl/N-ethyl adjacent to an activating group) is 1. The van der Waals surface area contributed by atoms with E-state index in [2.05, 4.69) is 0 Å². The number of nitrogens with zero attached hydrogens (tertiary/aromatic N) is 2. The summed E-state index contributed by atoms with van der Waals surface area (Å²) >= 11 is 0. The van der Waals surface area contributed by atoms with Crippen molar-refractivity contribution in [3.63, 3.8) is 0 Å². The zero-order valence-electron chi connectivity index (χ0n) is 20.2. The Bertz CT molecular complexity index is 1180. The average molecular weight is 471 g/mol. The number of aliphatic hydroxyl groups excluding tert-OH is 2. The average Bonchev–Trinajstić information content (AvgIpc) is 2.74. The molecule has 1 unspecified atom stereocenters. The number of anilines is 1.